The Morgan fingerprint density at radius 1 is 1.50 bits per heavy atom. The molecule has 1 amide bonds. The van der Waals surface area contributed by atoms with Gasteiger partial charge in [-0.25, -0.2) is 0 Å². The molecule has 0 bridgehead atoms. The summed E-state index contributed by atoms with van der Waals surface area (Å²) in [4.78, 5) is 16.8. The average molecular weight is 295 g/mol. The Labute approximate surface area is 125 Å². The summed E-state index contributed by atoms with van der Waals surface area (Å²) < 4.78 is 0. The Hall–Kier alpha value is -0.910. The molecular weight excluding hydrogens is 270 g/mol. The van der Waals surface area contributed by atoms with Crippen LogP contribution in [0.15, 0.2) is 12.1 Å². The number of amides is 1. The van der Waals surface area contributed by atoms with E-state index >= 15 is 0 Å². The van der Waals surface area contributed by atoms with Gasteiger partial charge >= 0.3 is 0 Å². The lowest BCUT2D eigenvalue weighted by atomic mass is 9.90. The molecule has 1 aliphatic heterocycles. The van der Waals surface area contributed by atoms with E-state index in [1.165, 1.54) is 9.75 Å². The van der Waals surface area contributed by atoms with Crippen molar-refractivity contribution in [1.29, 1.82) is 0 Å². The summed E-state index contributed by atoms with van der Waals surface area (Å²) in [7, 11) is 0. The fourth-order valence-corrected chi connectivity index (χ4v) is 3.48. The molecule has 0 spiro atoms. The monoisotopic (exact) mass is 295 g/mol. The molecule has 0 radical (unpaired) electrons. The van der Waals surface area contributed by atoms with Crippen LogP contribution >= 0.6 is 11.3 Å². The number of thiophene rings is 1. The summed E-state index contributed by atoms with van der Waals surface area (Å²) >= 11 is 1.78. The molecule has 1 saturated heterocycles. The molecule has 1 aromatic heterocycles. The van der Waals surface area contributed by atoms with Gasteiger partial charge in [0.25, 0.3) is 0 Å². The van der Waals surface area contributed by atoms with Crippen LogP contribution in [0.3, 0.4) is 0 Å². The molecule has 1 atom stereocenters. The lowest BCUT2D eigenvalue weighted by molar-refractivity contribution is -0.122. The van der Waals surface area contributed by atoms with Crippen molar-refractivity contribution in [2.24, 2.45) is 11.1 Å². The van der Waals surface area contributed by atoms with Crippen LogP contribution in [-0.2, 0) is 17.8 Å². The predicted molar refractivity (Wildman–Crippen MR) is 83.8 cm³/mol. The molecule has 1 unspecified atom stereocenters. The predicted octanol–water partition coefficient (Wildman–Crippen LogP) is 1.60. The summed E-state index contributed by atoms with van der Waals surface area (Å²) in [5, 5.41) is 3.01. The average Bonchev–Trinajstić information content (AvgIpc) is 3.04. The van der Waals surface area contributed by atoms with E-state index in [0.717, 1.165) is 25.9 Å². The van der Waals surface area contributed by atoms with Gasteiger partial charge in [0, 0.05) is 16.3 Å². The van der Waals surface area contributed by atoms with Gasteiger partial charge in [-0.05, 0) is 43.5 Å². The van der Waals surface area contributed by atoms with E-state index in [0.29, 0.717) is 19.6 Å². The van der Waals surface area contributed by atoms with Gasteiger partial charge in [-0.3, -0.25) is 9.69 Å². The third-order valence-electron chi connectivity index (χ3n) is 4.02. The lowest BCUT2D eigenvalue weighted by Gasteiger charge is -2.22. The highest BCUT2D eigenvalue weighted by atomic mass is 32.1. The number of aryl methyl sites for hydroxylation is 1. The van der Waals surface area contributed by atoms with Gasteiger partial charge in [0.1, 0.15) is 0 Å². The summed E-state index contributed by atoms with van der Waals surface area (Å²) in [6.07, 6.45) is 2.14. The van der Waals surface area contributed by atoms with Crippen LogP contribution in [0.4, 0.5) is 0 Å². The zero-order valence-corrected chi connectivity index (χ0v) is 13.3. The van der Waals surface area contributed by atoms with E-state index < -0.39 is 0 Å². The molecule has 5 heteroatoms. The van der Waals surface area contributed by atoms with Gasteiger partial charge in [-0.2, -0.15) is 0 Å². The van der Waals surface area contributed by atoms with Crippen molar-refractivity contribution in [1.82, 2.24) is 10.2 Å². The summed E-state index contributed by atoms with van der Waals surface area (Å²) in [6.45, 7) is 8.07. The number of hydrogen-bond acceptors (Lipinski definition) is 4. The molecule has 0 aliphatic carbocycles. The maximum Gasteiger partial charge on any atom is 0.234 e. The van der Waals surface area contributed by atoms with E-state index in [1.54, 1.807) is 11.3 Å². The molecule has 2 rings (SSSR count). The highest BCUT2D eigenvalue weighted by Crippen LogP contribution is 2.27. The van der Waals surface area contributed by atoms with Crippen molar-refractivity contribution < 1.29 is 4.79 Å². The molecule has 112 valence electrons. The Bertz CT molecular complexity index is 460. The van der Waals surface area contributed by atoms with E-state index in [1.807, 2.05) is 0 Å². The maximum absolute atomic E-state index is 12.0. The van der Waals surface area contributed by atoms with E-state index in [4.69, 9.17) is 5.73 Å². The number of nitrogens with zero attached hydrogens (tertiary/aromatic N) is 1. The van der Waals surface area contributed by atoms with Gasteiger partial charge in [0.2, 0.25) is 5.91 Å². The van der Waals surface area contributed by atoms with Gasteiger partial charge in [0.05, 0.1) is 13.1 Å². The topological polar surface area (TPSA) is 58.4 Å². The number of rotatable bonds is 6. The minimum Gasteiger partial charge on any atom is -0.350 e. The Balaban J connectivity index is 1.73. The number of hydrogen-bond donors (Lipinski definition) is 2. The first kappa shape index (κ1) is 15.5. The normalized spacial score (nSPS) is 23.1. The highest BCUT2D eigenvalue weighted by Gasteiger charge is 2.32. The van der Waals surface area contributed by atoms with Gasteiger partial charge < -0.3 is 11.1 Å². The number of likely N-dealkylation sites (tertiary alicyclic amines) is 1. The van der Waals surface area contributed by atoms with E-state index in [2.05, 4.69) is 36.2 Å². The standard InChI is InChI=1S/C15H25N3OS/c1-3-12-4-5-13(20-12)8-17-14(19)9-18-7-6-15(2,10-16)11-18/h4-5H,3,6-11,16H2,1-2H3,(H,17,19). The van der Waals surface area contributed by atoms with Crippen molar-refractivity contribution >= 4 is 17.2 Å². The minimum absolute atomic E-state index is 0.109. The zero-order valence-electron chi connectivity index (χ0n) is 12.4. The Morgan fingerprint density at radius 2 is 2.25 bits per heavy atom. The molecule has 0 aromatic carbocycles. The lowest BCUT2D eigenvalue weighted by Crippen LogP contribution is -2.38. The van der Waals surface area contributed by atoms with Crippen LogP contribution in [0.5, 0.6) is 0 Å². The van der Waals surface area contributed by atoms with Crippen LogP contribution in [0.2, 0.25) is 0 Å². The number of nitrogens with two attached hydrogens (primary N) is 1. The second-order valence-corrected chi connectivity index (χ2v) is 7.23. The van der Waals surface area contributed by atoms with E-state index in [-0.39, 0.29) is 11.3 Å². The third kappa shape index (κ3) is 4.04. The Kier molecular flexibility index (Phi) is 5.18. The first-order chi connectivity index (χ1) is 9.54. The van der Waals surface area contributed by atoms with Crippen molar-refractivity contribution in [3.63, 3.8) is 0 Å². The summed E-state index contributed by atoms with van der Waals surface area (Å²) in [6, 6.07) is 4.24. The first-order valence-corrected chi connectivity index (χ1v) is 8.13. The summed E-state index contributed by atoms with van der Waals surface area (Å²) in [5.41, 5.74) is 5.97. The number of carbonyl (C=O) groups excluding carboxylic acids is 1. The fourth-order valence-electron chi connectivity index (χ4n) is 2.58. The first-order valence-electron chi connectivity index (χ1n) is 7.31. The molecule has 1 aliphatic rings. The Morgan fingerprint density at radius 3 is 2.85 bits per heavy atom. The molecule has 20 heavy (non-hydrogen) atoms. The van der Waals surface area contributed by atoms with Crippen LogP contribution in [0.25, 0.3) is 0 Å². The highest BCUT2D eigenvalue weighted by molar-refractivity contribution is 7.11. The molecule has 1 fully saturated rings. The van der Waals surface area contributed by atoms with Crippen LogP contribution in [0.1, 0.15) is 30.0 Å². The second kappa shape index (κ2) is 6.70. The molecule has 2 heterocycles. The molecular formula is C15H25N3OS. The van der Waals surface area contributed by atoms with Crippen molar-refractivity contribution in [3.8, 4) is 0 Å². The molecule has 0 saturated carbocycles. The number of nitrogens with one attached hydrogen (secondary N) is 1. The largest absolute Gasteiger partial charge is 0.350 e. The SMILES string of the molecule is CCc1ccc(CNC(=O)CN2CCC(C)(CN)C2)s1. The molecule has 3 N–H and O–H groups in total. The molecule has 1 aromatic rings. The van der Waals surface area contributed by atoms with Crippen molar-refractivity contribution in [2.45, 2.75) is 33.2 Å². The fraction of sp³-hybridized carbons (Fsp3) is 0.667. The maximum atomic E-state index is 12.0. The zero-order chi connectivity index (χ0) is 14.6. The van der Waals surface area contributed by atoms with Gasteiger partial charge in [0.15, 0.2) is 0 Å². The van der Waals surface area contributed by atoms with Crippen molar-refractivity contribution in [3.05, 3.63) is 21.9 Å². The second-order valence-electron chi connectivity index (χ2n) is 5.97. The van der Waals surface area contributed by atoms with Gasteiger partial charge in [-0.15, -0.1) is 11.3 Å². The number of carbonyl (C=O) groups is 1. The van der Waals surface area contributed by atoms with Gasteiger partial charge in [-0.1, -0.05) is 13.8 Å². The third-order valence-corrected chi connectivity index (χ3v) is 5.25. The molecule has 4 nitrogen and oxygen atoms in total. The van der Waals surface area contributed by atoms with Crippen molar-refractivity contribution in [2.75, 3.05) is 26.2 Å². The summed E-state index contributed by atoms with van der Waals surface area (Å²) in [5.74, 6) is 0.109. The quantitative estimate of drug-likeness (QED) is 0.838. The van der Waals surface area contributed by atoms with Crippen LogP contribution in [0, 0.1) is 5.41 Å². The smallest absolute Gasteiger partial charge is 0.234 e. The van der Waals surface area contributed by atoms with Crippen LogP contribution < -0.4 is 11.1 Å². The van der Waals surface area contributed by atoms with Crippen LogP contribution in [-0.4, -0.2) is 37.0 Å². The van der Waals surface area contributed by atoms with E-state index in [9.17, 15) is 4.79 Å². The minimum atomic E-state index is 0.109.